The van der Waals surface area contributed by atoms with Crippen LogP contribution in [0.25, 0.3) is 0 Å². The summed E-state index contributed by atoms with van der Waals surface area (Å²) < 4.78 is 20.9. The minimum atomic E-state index is -1.35. The van der Waals surface area contributed by atoms with Crippen LogP contribution in [0.15, 0.2) is 18.2 Å². The lowest BCUT2D eigenvalue weighted by atomic mass is 9.82. The van der Waals surface area contributed by atoms with Crippen molar-refractivity contribution in [2.75, 3.05) is 13.2 Å². The van der Waals surface area contributed by atoms with Crippen LogP contribution >= 0.6 is 0 Å². The number of esters is 2. The molecule has 0 amide bonds. The van der Waals surface area contributed by atoms with Gasteiger partial charge >= 0.3 is 24.1 Å². The first-order chi connectivity index (χ1) is 17.1. The van der Waals surface area contributed by atoms with Crippen molar-refractivity contribution in [2.45, 2.75) is 84.6 Å². The molecule has 3 N–H and O–H groups in total. The molecule has 0 aliphatic carbocycles. The standard InChI is InChI=1S/C26H39NO9/c1-5-8-10-21(28)35-19-13-12-18(15-20(19)36-22(29)11-9-6-2)23(24(27)25(30)31)17(4)16-34-26(32)33-14-7-3/h12-13,15,17,23-24H,5-11,14,16,27H2,1-4H3,(H,30,31)/t17?,23?,24-/m0/s1. The van der Waals surface area contributed by atoms with E-state index in [9.17, 15) is 24.3 Å². The molecule has 10 nitrogen and oxygen atoms in total. The van der Waals surface area contributed by atoms with Crippen molar-refractivity contribution in [1.29, 1.82) is 0 Å². The molecule has 1 aromatic carbocycles. The van der Waals surface area contributed by atoms with Crippen molar-refractivity contribution in [2.24, 2.45) is 11.7 Å². The Morgan fingerprint density at radius 2 is 1.47 bits per heavy atom. The number of hydrogen-bond donors (Lipinski definition) is 2. The van der Waals surface area contributed by atoms with Gasteiger partial charge in [0, 0.05) is 18.8 Å². The predicted molar refractivity (Wildman–Crippen MR) is 132 cm³/mol. The summed E-state index contributed by atoms with van der Waals surface area (Å²) in [6, 6.07) is 3.11. The van der Waals surface area contributed by atoms with Gasteiger partial charge in [0.05, 0.1) is 13.2 Å². The van der Waals surface area contributed by atoms with E-state index in [0.29, 0.717) is 24.8 Å². The lowest BCUT2D eigenvalue weighted by Crippen LogP contribution is -2.40. The lowest BCUT2D eigenvalue weighted by molar-refractivity contribution is -0.139. The zero-order chi connectivity index (χ0) is 27.1. The first-order valence-corrected chi connectivity index (χ1v) is 12.5. The minimum Gasteiger partial charge on any atom is -0.480 e. The van der Waals surface area contributed by atoms with Gasteiger partial charge in [0.15, 0.2) is 11.5 Å². The molecular weight excluding hydrogens is 470 g/mol. The van der Waals surface area contributed by atoms with Gasteiger partial charge in [-0.1, -0.05) is 46.6 Å². The summed E-state index contributed by atoms with van der Waals surface area (Å²) in [5, 5.41) is 9.61. The molecule has 1 aromatic rings. The van der Waals surface area contributed by atoms with E-state index in [2.05, 4.69) is 0 Å². The second kappa shape index (κ2) is 16.5. The molecule has 0 heterocycles. The Kier molecular flexibility index (Phi) is 14.2. The van der Waals surface area contributed by atoms with Crippen LogP contribution in [-0.2, 0) is 23.9 Å². The van der Waals surface area contributed by atoms with E-state index in [1.807, 2.05) is 20.8 Å². The van der Waals surface area contributed by atoms with Crippen LogP contribution in [0.5, 0.6) is 11.5 Å². The second-order valence-electron chi connectivity index (χ2n) is 8.64. The molecule has 0 fully saturated rings. The highest BCUT2D eigenvalue weighted by atomic mass is 16.7. The Hall–Kier alpha value is -3.14. The van der Waals surface area contributed by atoms with Crippen LogP contribution in [0.2, 0.25) is 0 Å². The van der Waals surface area contributed by atoms with Gasteiger partial charge in [0.2, 0.25) is 0 Å². The lowest BCUT2D eigenvalue weighted by Gasteiger charge is -2.28. The quantitative estimate of drug-likeness (QED) is 0.239. The molecule has 0 saturated heterocycles. The van der Waals surface area contributed by atoms with Gasteiger partial charge in [-0.3, -0.25) is 14.4 Å². The van der Waals surface area contributed by atoms with Crippen molar-refractivity contribution < 1.29 is 43.2 Å². The summed E-state index contributed by atoms with van der Waals surface area (Å²) >= 11 is 0. The first kappa shape index (κ1) is 30.9. The van der Waals surface area contributed by atoms with Crippen LogP contribution in [0.1, 0.15) is 84.1 Å². The maximum Gasteiger partial charge on any atom is 0.508 e. The van der Waals surface area contributed by atoms with Crippen LogP contribution in [-0.4, -0.2) is 48.4 Å². The minimum absolute atomic E-state index is 0.00323. The monoisotopic (exact) mass is 509 g/mol. The number of carboxylic acids is 1. The van der Waals surface area contributed by atoms with Crippen LogP contribution in [0.3, 0.4) is 0 Å². The van der Waals surface area contributed by atoms with Crippen molar-refractivity contribution in [3.8, 4) is 11.5 Å². The average Bonchev–Trinajstić information content (AvgIpc) is 2.85. The Balaban J connectivity index is 3.27. The summed E-state index contributed by atoms with van der Waals surface area (Å²) in [6.07, 6.45) is 3.03. The van der Waals surface area contributed by atoms with Crippen LogP contribution < -0.4 is 15.2 Å². The summed E-state index contributed by atoms with van der Waals surface area (Å²) in [7, 11) is 0. The number of ether oxygens (including phenoxy) is 4. The average molecular weight is 510 g/mol. The molecule has 10 heteroatoms. The molecule has 1 rings (SSSR count). The van der Waals surface area contributed by atoms with E-state index in [4.69, 9.17) is 24.7 Å². The molecule has 36 heavy (non-hydrogen) atoms. The zero-order valence-electron chi connectivity index (χ0n) is 21.6. The Labute approximate surface area is 212 Å². The molecule has 2 unspecified atom stereocenters. The molecule has 0 aliphatic rings. The molecule has 202 valence electrons. The molecule has 0 aliphatic heterocycles. The summed E-state index contributed by atoms with van der Waals surface area (Å²) in [6.45, 7) is 7.48. The SMILES string of the molecule is CCCCC(=O)Oc1ccc(C(C(C)COC(=O)OCCC)[C@H](N)C(=O)O)cc1OC(=O)CCCC. The van der Waals surface area contributed by atoms with Crippen molar-refractivity contribution in [3.05, 3.63) is 23.8 Å². The van der Waals surface area contributed by atoms with E-state index < -0.39 is 41.9 Å². The number of benzene rings is 1. The Morgan fingerprint density at radius 3 is 2.00 bits per heavy atom. The number of hydrogen-bond acceptors (Lipinski definition) is 9. The highest BCUT2D eigenvalue weighted by Crippen LogP contribution is 2.36. The summed E-state index contributed by atoms with van der Waals surface area (Å²) in [5.74, 6) is -3.53. The number of carboxylic acid groups (broad SMARTS) is 1. The van der Waals surface area contributed by atoms with Crippen LogP contribution in [0, 0.1) is 5.92 Å². The Morgan fingerprint density at radius 1 is 0.889 bits per heavy atom. The number of nitrogens with two attached hydrogens (primary N) is 1. The van der Waals surface area contributed by atoms with Gasteiger partial charge in [-0.2, -0.15) is 0 Å². The number of aliphatic carboxylic acids is 1. The van der Waals surface area contributed by atoms with Gasteiger partial charge in [-0.05, 0) is 42.9 Å². The summed E-state index contributed by atoms with van der Waals surface area (Å²) in [4.78, 5) is 48.1. The predicted octanol–water partition coefficient (Wildman–Crippen LogP) is 4.57. The third-order valence-corrected chi connectivity index (χ3v) is 5.44. The van der Waals surface area contributed by atoms with E-state index in [0.717, 1.165) is 12.8 Å². The molecule has 0 spiro atoms. The topological polar surface area (TPSA) is 151 Å². The van der Waals surface area contributed by atoms with Gasteiger partial charge in [0.1, 0.15) is 6.04 Å². The van der Waals surface area contributed by atoms with Crippen LogP contribution in [0.4, 0.5) is 4.79 Å². The fraction of sp³-hybridized carbons (Fsp3) is 0.615. The number of rotatable bonds is 16. The third-order valence-electron chi connectivity index (χ3n) is 5.44. The van der Waals surface area contributed by atoms with Crippen molar-refractivity contribution in [3.63, 3.8) is 0 Å². The molecule has 0 aromatic heterocycles. The summed E-state index contributed by atoms with van der Waals surface area (Å²) in [5.41, 5.74) is 6.43. The first-order valence-electron chi connectivity index (χ1n) is 12.5. The number of carbonyl (C=O) groups excluding carboxylic acids is 3. The van der Waals surface area contributed by atoms with E-state index in [-0.39, 0.29) is 37.6 Å². The highest BCUT2D eigenvalue weighted by molar-refractivity contribution is 5.77. The number of unbranched alkanes of at least 4 members (excludes halogenated alkanes) is 2. The Bertz CT molecular complexity index is 871. The molecule has 0 radical (unpaired) electrons. The van der Waals surface area contributed by atoms with E-state index in [1.165, 1.54) is 12.1 Å². The van der Waals surface area contributed by atoms with Gasteiger partial charge < -0.3 is 29.8 Å². The van der Waals surface area contributed by atoms with Gasteiger partial charge in [0.25, 0.3) is 0 Å². The van der Waals surface area contributed by atoms with Gasteiger partial charge in [-0.15, -0.1) is 0 Å². The highest BCUT2D eigenvalue weighted by Gasteiger charge is 2.33. The fourth-order valence-corrected chi connectivity index (χ4v) is 3.46. The van der Waals surface area contributed by atoms with Gasteiger partial charge in [-0.25, -0.2) is 4.79 Å². The molecule has 0 bridgehead atoms. The van der Waals surface area contributed by atoms with E-state index >= 15 is 0 Å². The molecular formula is C26H39NO9. The molecule has 0 saturated carbocycles. The fourth-order valence-electron chi connectivity index (χ4n) is 3.46. The normalized spacial score (nSPS) is 13.2. The maximum atomic E-state index is 12.3. The largest absolute Gasteiger partial charge is 0.508 e. The second-order valence-corrected chi connectivity index (χ2v) is 8.64. The van der Waals surface area contributed by atoms with Crippen molar-refractivity contribution >= 4 is 24.1 Å². The molecule has 3 atom stereocenters. The maximum absolute atomic E-state index is 12.3. The van der Waals surface area contributed by atoms with E-state index in [1.54, 1.807) is 13.0 Å². The smallest absolute Gasteiger partial charge is 0.480 e. The number of carbonyl (C=O) groups is 4. The van der Waals surface area contributed by atoms with Crippen molar-refractivity contribution in [1.82, 2.24) is 0 Å². The zero-order valence-corrected chi connectivity index (χ0v) is 21.6. The third kappa shape index (κ3) is 10.6.